The molecule has 0 bridgehead atoms. The quantitative estimate of drug-likeness (QED) is 0.739. The molecule has 1 aromatic heterocycles. The van der Waals surface area contributed by atoms with Gasteiger partial charge in [0, 0.05) is 11.9 Å². The van der Waals surface area contributed by atoms with Gasteiger partial charge in [0.05, 0.1) is 25.9 Å². The van der Waals surface area contributed by atoms with E-state index in [-0.39, 0.29) is 11.9 Å². The first-order valence-corrected chi connectivity index (χ1v) is 5.77. The number of rotatable bonds is 3. The van der Waals surface area contributed by atoms with Crippen LogP contribution < -0.4 is 0 Å². The van der Waals surface area contributed by atoms with Crippen LogP contribution in [0, 0.1) is 5.82 Å². The summed E-state index contributed by atoms with van der Waals surface area (Å²) in [7, 11) is 0. The van der Waals surface area contributed by atoms with Crippen LogP contribution in [0.4, 0.5) is 4.39 Å². The van der Waals surface area contributed by atoms with Crippen molar-refractivity contribution in [1.29, 1.82) is 0 Å². The van der Waals surface area contributed by atoms with E-state index >= 15 is 0 Å². The number of hydrogen-bond donors (Lipinski definition) is 0. The van der Waals surface area contributed by atoms with Crippen molar-refractivity contribution in [2.24, 2.45) is 0 Å². The molecule has 1 fully saturated rings. The van der Waals surface area contributed by atoms with Crippen LogP contribution in [0.1, 0.15) is 0 Å². The molecular formula is C10H12FNO2S. The van der Waals surface area contributed by atoms with Gasteiger partial charge in [0.25, 0.3) is 0 Å². The Morgan fingerprint density at radius 1 is 1.53 bits per heavy atom. The van der Waals surface area contributed by atoms with E-state index in [0.29, 0.717) is 30.6 Å². The number of thioether (sulfide) groups is 1. The Bertz CT molecular complexity index is 318. The van der Waals surface area contributed by atoms with Crippen LogP contribution in [-0.2, 0) is 9.47 Å². The van der Waals surface area contributed by atoms with Gasteiger partial charge in [-0.25, -0.2) is 9.37 Å². The molecular weight excluding hydrogens is 217 g/mol. The molecule has 0 aliphatic carbocycles. The molecule has 1 saturated heterocycles. The van der Waals surface area contributed by atoms with Gasteiger partial charge in [-0.2, -0.15) is 0 Å². The van der Waals surface area contributed by atoms with Crippen molar-refractivity contribution < 1.29 is 13.9 Å². The number of aromatic nitrogens is 1. The Morgan fingerprint density at radius 3 is 3.20 bits per heavy atom. The zero-order valence-electron chi connectivity index (χ0n) is 8.19. The normalized spacial score (nSPS) is 21.5. The van der Waals surface area contributed by atoms with E-state index < -0.39 is 0 Å². The van der Waals surface area contributed by atoms with Gasteiger partial charge in [-0.15, -0.1) is 11.8 Å². The maximum Gasteiger partial charge on any atom is 0.155 e. The molecule has 0 aromatic carbocycles. The standard InChI is InChI=1S/C10H12FNO2S/c11-9-2-1-3-12-10(9)15-7-8-6-13-4-5-14-8/h1-3,8H,4-7H2/t8-/m1/s1. The molecule has 0 radical (unpaired) electrons. The lowest BCUT2D eigenvalue weighted by molar-refractivity contribution is -0.0776. The first-order chi connectivity index (χ1) is 7.36. The van der Waals surface area contributed by atoms with Gasteiger partial charge >= 0.3 is 0 Å². The van der Waals surface area contributed by atoms with Gasteiger partial charge in [-0.05, 0) is 12.1 Å². The highest BCUT2D eigenvalue weighted by Gasteiger charge is 2.15. The fourth-order valence-corrected chi connectivity index (χ4v) is 2.16. The Morgan fingerprint density at radius 2 is 2.47 bits per heavy atom. The third-order valence-corrected chi connectivity index (χ3v) is 3.13. The first kappa shape index (κ1) is 10.9. The number of hydrogen-bond acceptors (Lipinski definition) is 4. The van der Waals surface area contributed by atoms with Crippen molar-refractivity contribution in [3.05, 3.63) is 24.1 Å². The van der Waals surface area contributed by atoms with Gasteiger partial charge in [-0.3, -0.25) is 0 Å². The molecule has 82 valence electrons. The monoisotopic (exact) mass is 229 g/mol. The second kappa shape index (κ2) is 5.44. The molecule has 2 rings (SSSR count). The van der Waals surface area contributed by atoms with Crippen LogP contribution in [0.25, 0.3) is 0 Å². The number of ether oxygens (including phenoxy) is 2. The van der Waals surface area contributed by atoms with E-state index in [0.717, 1.165) is 0 Å². The van der Waals surface area contributed by atoms with Crippen LogP contribution in [-0.4, -0.2) is 36.7 Å². The topological polar surface area (TPSA) is 31.4 Å². The van der Waals surface area contributed by atoms with Crippen molar-refractivity contribution in [2.45, 2.75) is 11.1 Å². The van der Waals surface area contributed by atoms with Crippen molar-refractivity contribution in [3.8, 4) is 0 Å². The molecule has 1 atom stereocenters. The summed E-state index contributed by atoms with van der Waals surface area (Å²) in [5.41, 5.74) is 0. The summed E-state index contributed by atoms with van der Waals surface area (Å²) in [6.07, 6.45) is 1.63. The average molecular weight is 229 g/mol. The van der Waals surface area contributed by atoms with E-state index in [1.54, 1.807) is 12.3 Å². The molecule has 5 heteroatoms. The van der Waals surface area contributed by atoms with Gasteiger partial charge in [0.2, 0.25) is 0 Å². The Labute approximate surface area is 92.0 Å². The maximum atomic E-state index is 13.2. The lowest BCUT2D eigenvalue weighted by Crippen LogP contribution is -2.30. The fraction of sp³-hybridized carbons (Fsp3) is 0.500. The summed E-state index contributed by atoms with van der Waals surface area (Å²) in [6, 6.07) is 2.99. The van der Waals surface area contributed by atoms with Gasteiger partial charge in [0.15, 0.2) is 5.82 Å². The highest BCUT2D eigenvalue weighted by Crippen LogP contribution is 2.20. The summed E-state index contributed by atoms with van der Waals surface area (Å²) in [4.78, 5) is 3.95. The highest BCUT2D eigenvalue weighted by atomic mass is 32.2. The molecule has 0 saturated carbocycles. The summed E-state index contributed by atoms with van der Waals surface area (Å²) in [5.74, 6) is 0.396. The minimum atomic E-state index is -0.278. The molecule has 1 aliphatic heterocycles. The third-order valence-electron chi connectivity index (χ3n) is 2.02. The van der Waals surface area contributed by atoms with Crippen LogP contribution in [0.3, 0.4) is 0 Å². The van der Waals surface area contributed by atoms with Crippen LogP contribution >= 0.6 is 11.8 Å². The minimum absolute atomic E-state index is 0.0464. The molecule has 15 heavy (non-hydrogen) atoms. The molecule has 2 heterocycles. The number of halogens is 1. The average Bonchev–Trinajstić information content (AvgIpc) is 2.29. The summed E-state index contributed by atoms with van der Waals surface area (Å²) in [5, 5.41) is 0.423. The predicted molar refractivity (Wildman–Crippen MR) is 55.5 cm³/mol. The maximum absolute atomic E-state index is 13.2. The van der Waals surface area contributed by atoms with E-state index in [1.165, 1.54) is 17.8 Å². The predicted octanol–water partition coefficient (Wildman–Crippen LogP) is 1.73. The Balaban J connectivity index is 1.84. The highest BCUT2D eigenvalue weighted by molar-refractivity contribution is 7.99. The van der Waals surface area contributed by atoms with E-state index in [1.807, 2.05) is 0 Å². The fourth-order valence-electron chi connectivity index (χ4n) is 1.28. The zero-order chi connectivity index (χ0) is 10.5. The van der Waals surface area contributed by atoms with Crippen LogP contribution in [0.2, 0.25) is 0 Å². The van der Waals surface area contributed by atoms with E-state index in [9.17, 15) is 4.39 Å². The zero-order valence-corrected chi connectivity index (χ0v) is 9.00. The van der Waals surface area contributed by atoms with E-state index in [2.05, 4.69) is 4.98 Å². The first-order valence-electron chi connectivity index (χ1n) is 4.79. The van der Waals surface area contributed by atoms with Crippen LogP contribution in [0.5, 0.6) is 0 Å². The molecule has 0 amide bonds. The van der Waals surface area contributed by atoms with Gasteiger partial charge in [0.1, 0.15) is 5.03 Å². The summed E-state index contributed by atoms with van der Waals surface area (Å²) < 4.78 is 23.9. The second-order valence-corrected chi connectivity index (χ2v) is 4.18. The number of nitrogens with zero attached hydrogens (tertiary/aromatic N) is 1. The minimum Gasteiger partial charge on any atom is -0.376 e. The molecule has 0 spiro atoms. The number of pyridine rings is 1. The summed E-state index contributed by atoms with van der Waals surface area (Å²) >= 11 is 1.36. The van der Waals surface area contributed by atoms with Crippen molar-refractivity contribution >= 4 is 11.8 Å². The smallest absolute Gasteiger partial charge is 0.155 e. The molecule has 0 unspecified atom stereocenters. The van der Waals surface area contributed by atoms with Crippen LogP contribution in [0.15, 0.2) is 23.4 Å². The molecule has 1 aliphatic rings. The molecule has 3 nitrogen and oxygen atoms in total. The summed E-state index contributed by atoms with van der Waals surface area (Å²) in [6.45, 7) is 1.86. The Kier molecular flexibility index (Phi) is 3.94. The van der Waals surface area contributed by atoms with Gasteiger partial charge < -0.3 is 9.47 Å². The Hall–Kier alpha value is -0.650. The van der Waals surface area contributed by atoms with Crippen molar-refractivity contribution in [3.63, 3.8) is 0 Å². The lowest BCUT2D eigenvalue weighted by Gasteiger charge is -2.22. The van der Waals surface area contributed by atoms with Crippen molar-refractivity contribution in [2.75, 3.05) is 25.6 Å². The molecule has 0 N–H and O–H groups in total. The largest absolute Gasteiger partial charge is 0.376 e. The van der Waals surface area contributed by atoms with Gasteiger partial charge in [-0.1, -0.05) is 0 Å². The molecule has 1 aromatic rings. The second-order valence-electron chi connectivity index (χ2n) is 3.17. The van der Waals surface area contributed by atoms with E-state index in [4.69, 9.17) is 9.47 Å². The lowest BCUT2D eigenvalue weighted by atomic mass is 10.4. The van der Waals surface area contributed by atoms with Crippen molar-refractivity contribution in [1.82, 2.24) is 4.98 Å². The SMILES string of the molecule is Fc1cccnc1SC[C@H]1COCCO1. The third kappa shape index (κ3) is 3.15.